The first-order chi connectivity index (χ1) is 14.5. The molecule has 1 aromatic rings. The number of benzene rings is 1. The molecule has 9 heteroatoms. The molecule has 2 rings (SSSR count). The van der Waals surface area contributed by atoms with Crippen molar-refractivity contribution >= 4 is 35.0 Å². The van der Waals surface area contributed by atoms with Crippen molar-refractivity contribution in [1.82, 2.24) is 5.32 Å². The fourth-order valence-electron chi connectivity index (χ4n) is 2.48. The molecule has 0 saturated carbocycles. The van der Waals surface area contributed by atoms with Gasteiger partial charge in [0.15, 0.2) is 16.7 Å². The Hall–Kier alpha value is -3.07. The monoisotopic (exact) mass is 431 g/mol. The first-order valence-corrected chi connectivity index (χ1v) is 10.3. The molecule has 0 atom stereocenters. The van der Waals surface area contributed by atoms with Crippen LogP contribution in [0.4, 0.5) is 0 Å². The molecule has 1 fully saturated rings. The van der Waals surface area contributed by atoms with Crippen LogP contribution in [0.2, 0.25) is 0 Å². The third-order valence-electron chi connectivity index (χ3n) is 3.73. The van der Waals surface area contributed by atoms with Gasteiger partial charge < -0.3 is 14.2 Å². The number of methoxy groups -OCH3 is 1. The van der Waals surface area contributed by atoms with E-state index < -0.39 is 11.9 Å². The summed E-state index contributed by atoms with van der Waals surface area (Å²) in [7, 11) is 1.24. The molecule has 0 aromatic heterocycles. The molecule has 160 valence electrons. The molecule has 1 N–H and O–H groups in total. The molecule has 1 aliphatic rings. The number of carbonyl (C=O) groups excluding carboxylic acids is 2. The highest BCUT2D eigenvalue weighted by atomic mass is 32.2. The lowest BCUT2D eigenvalue weighted by molar-refractivity contribution is -0.135. The number of hydrogen-bond donors (Lipinski definition) is 1. The van der Waals surface area contributed by atoms with Crippen molar-refractivity contribution < 1.29 is 23.8 Å². The predicted molar refractivity (Wildman–Crippen MR) is 118 cm³/mol. The van der Waals surface area contributed by atoms with Gasteiger partial charge in [-0.1, -0.05) is 13.0 Å². The van der Waals surface area contributed by atoms with Crippen molar-refractivity contribution in [1.29, 1.82) is 0 Å². The van der Waals surface area contributed by atoms with Crippen molar-refractivity contribution in [2.45, 2.75) is 26.7 Å². The Kier molecular flexibility index (Phi) is 9.14. The van der Waals surface area contributed by atoms with Gasteiger partial charge in [0.2, 0.25) is 0 Å². The molecule has 1 amide bonds. The minimum Gasteiger partial charge on any atom is -0.490 e. The standard InChI is InChI=1S/C21H25N3O5S/c1-5-8-15-10-14(11-16(28-7-3)19(15)29-9-6-2)13-22-24-21-23-20(26)17(30-21)12-18(25)27-4/h5,10-13H,1,6-9H2,2-4H3,(H,23,24,26)/b17-12+,22-13?. The Morgan fingerprint density at radius 1 is 1.30 bits per heavy atom. The van der Waals surface area contributed by atoms with Gasteiger partial charge in [-0.05, 0) is 49.2 Å². The van der Waals surface area contributed by atoms with Crippen LogP contribution in [0.5, 0.6) is 11.5 Å². The third kappa shape index (κ3) is 6.48. The number of nitrogens with zero attached hydrogens (tertiary/aromatic N) is 2. The van der Waals surface area contributed by atoms with Crippen LogP contribution in [0, 0.1) is 0 Å². The summed E-state index contributed by atoms with van der Waals surface area (Å²) in [4.78, 5) is 23.3. The first-order valence-electron chi connectivity index (χ1n) is 9.45. The number of esters is 1. The maximum atomic E-state index is 11.8. The molecule has 0 radical (unpaired) electrons. The van der Waals surface area contributed by atoms with E-state index >= 15 is 0 Å². The lowest BCUT2D eigenvalue weighted by Gasteiger charge is -2.16. The van der Waals surface area contributed by atoms with Gasteiger partial charge in [0, 0.05) is 11.6 Å². The average molecular weight is 432 g/mol. The van der Waals surface area contributed by atoms with Gasteiger partial charge in [-0.25, -0.2) is 4.79 Å². The third-order valence-corrected chi connectivity index (χ3v) is 4.63. The van der Waals surface area contributed by atoms with Crippen LogP contribution < -0.4 is 14.8 Å². The molecule has 8 nitrogen and oxygen atoms in total. The van der Waals surface area contributed by atoms with E-state index in [4.69, 9.17) is 9.47 Å². The number of ether oxygens (including phenoxy) is 3. The number of allylic oxidation sites excluding steroid dienone is 1. The quantitative estimate of drug-likeness (QED) is 0.201. The maximum absolute atomic E-state index is 11.8. The Labute approximate surface area is 180 Å². The van der Waals surface area contributed by atoms with Crippen LogP contribution in [-0.4, -0.2) is 43.6 Å². The minimum absolute atomic E-state index is 0.195. The summed E-state index contributed by atoms with van der Waals surface area (Å²) >= 11 is 1.01. The van der Waals surface area contributed by atoms with Gasteiger partial charge in [0.1, 0.15) is 0 Å². The number of nitrogens with one attached hydrogen (secondary N) is 1. The topological polar surface area (TPSA) is 98.6 Å². The second kappa shape index (κ2) is 11.8. The average Bonchev–Trinajstić information content (AvgIpc) is 3.06. The fourth-order valence-corrected chi connectivity index (χ4v) is 3.22. The lowest BCUT2D eigenvalue weighted by Crippen LogP contribution is -2.19. The van der Waals surface area contributed by atoms with Gasteiger partial charge in [0.05, 0.1) is 31.4 Å². The van der Waals surface area contributed by atoms with Crippen molar-refractivity contribution in [2.75, 3.05) is 20.3 Å². The zero-order valence-corrected chi connectivity index (χ0v) is 18.1. The first kappa shape index (κ1) is 23.2. The normalized spacial score (nSPS) is 16.2. The van der Waals surface area contributed by atoms with Crippen molar-refractivity contribution in [3.63, 3.8) is 0 Å². The number of thioether (sulfide) groups is 1. The summed E-state index contributed by atoms with van der Waals surface area (Å²) in [6.45, 7) is 8.84. The highest BCUT2D eigenvalue weighted by Crippen LogP contribution is 2.34. The molecule has 30 heavy (non-hydrogen) atoms. The SMILES string of the molecule is C=CCc1cc(C=N/N=C2/NC(=O)/C(=C\C(=O)OC)S2)cc(OCC)c1OCCC. The zero-order valence-electron chi connectivity index (χ0n) is 17.3. The van der Waals surface area contributed by atoms with E-state index in [1.807, 2.05) is 26.0 Å². The fraction of sp³-hybridized carbons (Fsp3) is 0.333. The molecular formula is C21H25N3O5S. The van der Waals surface area contributed by atoms with E-state index in [0.717, 1.165) is 35.4 Å². The van der Waals surface area contributed by atoms with Crippen molar-refractivity contribution in [3.8, 4) is 11.5 Å². The second-order valence-electron chi connectivity index (χ2n) is 6.02. The smallest absolute Gasteiger partial charge is 0.331 e. The molecule has 0 bridgehead atoms. The molecule has 1 saturated heterocycles. The Bertz CT molecular complexity index is 893. The minimum atomic E-state index is -0.610. The van der Waals surface area contributed by atoms with Crippen molar-refractivity contribution in [2.24, 2.45) is 10.2 Å². The molecule has 1 aliphatic heterocycles. The number of hydrogen-bond acceptors (Lipinski definition) is 8. The second-order valence-corrected chi connectivity index (χ2v) is 7.05. The van der Waals surface area contributed by atoms with Gasteiger partial charge in [0.25, 0.3) is 5.91 Å². The predicted octanol–water partition coefficient (Wildman–Crippen LogP) is 3.21. The summed E-state index contributed by atoms with van der Waals surface area (Å²) in [6, 6.07) is 3.76. The van der Waals surface area contributed by atoms with Gasteiger partial charge in [-0.2, -0.15) is 5.10 Å². The molecule has 0 unspecified atom stereocenters. The van der Waals surface area contributed by atoms with Gasteiger partial charge in [-0.3, -0.25) is 10.1 Å². The molecule has 0 aliphatic carbocycles. The Morgan fingerprint density at radius 2 is 2.10 bits per heavy atom. The number of carbonyl (C=O) groups is 2. The summed E-state index contributed by atoms with van der Waals surface area (Å²) in [5, 5.41) is 10.9. The largest absolute Gasteiger partial charge is 0.490 e. The molecule has 1 heterocycles. The summed E-state index contributed by atoms with van der Waals surface area (Å²) < 4.78 is 16.2. The number of amidine groups is 1. The van der Waals surface area contributed by atoms with E-state index in [9.17, 15) is 9.59 Å². The van der Waals surface area contributed by atoms with Crippen LogP contribution in [-0.2, 0) is 20.7 Å². The maximum Gasteiger partial charge on any atom is 0.331 e. The van der Waals surface area contributed by atoms with Crippen LogP contribution in [0.1, 0.15) is 31.4 Å². The van der Waals surface area contributed by atoms with Crippen LogP contribution in [0.3, 0.4) is 0 Å². The lowest BCUT2D eigenvalue weighted by atomic mass is 10.1. The summed E-state index contributed by atoms with van der Waals surface area (Å²) in [5.41, 5.74) is 1.70. The van der Waals surface area contributed by atoms with E-state index in [0.29, 0.717) is 31.1 Å². The van der Waals surface area contributed by atoms with E-state index in [1.54, 1.807) is 12.3 Å². The van der Waals surface area contributed by atoms with Crippen LogP contribution in [0.25, 0.3) is 0 Å². The molecule has 0 spiro atoms. The van der Waals surface area contributed by atoms with Crippen LogP contribution >= 0.6 is 11.8 Å². The summed E-state index contributed by atoms with van der Waals surface area (Å²) in [5.74, 6) is 0.300. The zero-order chi connectivity index (χ0) is 21.9. The Balaban J connectivity index is 2.24. The highest BCUT2D eigenvalue weighted by Gasteiger charge is 2.25. The molecular weight excluding hydrogens is 406 g/mol. The summed E-state index contributed by atoms with van der Waals surface area (Å²) in [6.07, 6.45) is 5.96. The van der Waals surface area contributed by atoms with Gasteiger partial charge >= 0.3 is 5.97 Å². The molecule has 1 aromatic carbocycles. The van der Waals surface area contributed by atoms with E-state index in [2.05, 4.69) is 26.8 Å². The Morgan fingerprint density at radius 3 is 2.77 bits per heavy atom. The van der Waals surface area contributed by atoms with E-state index in [-0.39, 0.29) is 10.1 Å². The van der Waals surface area contributed by atoms with Crippen molar-refractivity contribution in [3.05, 3.63) is 46.9 Å². The number of amides is 1. The number of rotatable bonds is 10. The van der Waals surface area contributed by atoms with Crippen LogP contribution in [0.15, 0.2) is 46.0 Å². The van der Waals surface area contributed by atoms with E-state index in [1.165, 1.54) is 7.11 Å². The highest BCUT2D eigenvalue weighted by molar-refractivity contribution is 8.18. The van der Waals surface area contributed by atoms with Gasteiger partial charge in [-0.15, -0.1) is 11.7 Å².